The lowest BCUT2D eigenvalue weighted by molar-refractivity contribution is 0.904. The fraction of sp³-hybridized carbons (Fsp3) is 0.200. The molecular weight excluding hydrogens is 256 g/mol. The fourth-order valence-corrected chi connectivity index (χ4v) is 1.50. The summed E-state index contributed by atoms with van der Waals surface area (Å²) >= 11 is 3.41. The lowest BCUT2D eigenvalue weighted by Crippen LogP contribution is -1.96. The van der Waals surface area contributed by atoms with Crippen molar-refractivity contribution in [2.45, 2.75) is 13.3 Å². The molecule has 0 aliphatic rings. The lowest BCUT2D eigenvalue weighted by Gasteiger charge is -2.01. The van der Waals surface area contributed by atoms with E-state index in [1.807, 2.05) is 19.1 Å². The molecule has 1 radical (unpaired) electrons. The van der Waals surface area contributed by atoms with E-state index in [9.17, 15) is 0 Å². The molecule has 0 amide bonds. The first kappa shape index (κ1) is 10.3. The molecule has 0 atom stereocenters. The van der Waals surface area contributed by atoms with Crippen LogP contribution in [0.1, 0.15) is 22.8 Å². The summed E-state index contributed by atoms with van der Waals surface area (Å²) in [6.07, 6.45) is 0.656. The van der Waals surface area contributed by atoms with Crippen LogP contribution in [0.5, 0.6) is 0 Å². The summed E-state index contributed by atoms with van der Waals surface area (Å²) in [6, 6.07) is 3.95. The Kier molecular flexibility index (Phi) is 2.81. The summed E-state index contributed by atoms with van der Waals surface area (Å²) in [5.74, 6) is 0. The van der Waals surface area contributed by atoms with Crippen LogP contribution in [-0.4, -0.2) is 20.4 Å². The number of pyridine rings is 1. The van der Waals surface area contributed by atoms with Crippen molar-refractivity contribution in [2.75, 3.05) is 0 Å². The van der Waals surface area contributed by atoms with Crippen molar-refractivity contribution in [3.63, 3.8) is 0 Å². The quantitative estimate of drug-likeness (QED) is 0.905. The zero-order valence-corrected chi connectivity index (χ0v) is 9.87. The predicted molar refractivity (Wildman–Crippen MR) is 60.3 cm³/mol. The van der Waals surface area contributed by atoms with Crippen LogP contribution in [-0.2, 0) is 6.42 Å². The van der Waals surface area contributed by atoms with E-state index >= 15 is 0 Å². The Morgan fingerprint density at radius 1 is 1.47 bits per heavy atom. The summed E-state index contributed by atoms with van der Waals surface area (Å²) < 4.78 is 1.02. The minimum Gasteiger partial charge on any atom is -0.262 e. The van der Waals surface area contributed by atoms with Gasteiger partial charge < -0.3 is 0 Å². The van der Waals surface area contributed by atoms with Crippen LogP contribution in [0.4, 0.5) is 0 Å². The Labute approximate surface area is 96.3 Å². The molecule has 2 aromatic heterocycles. The van der Waals surface area contributed by atoms with Gasteiger partial charge in [-0.2, -0.15) is 0 Å². The normalized spacial score (nSPS) is 10.6. The van der Waals surface area contributed by atoms with E-state index in [1.54, 1.807) is 0 Å². The van der Waals surface area contributed by atoms with Crippen LogP contribution in [0.2, 0.25) is 0 Å². The van der Waals surface area contributed by atoms with Crippen molar-refractivity contribution in [1.29, 1.82) is 0 Å². The van der Waals surface area contributed by atoms with E-state index in [0.29, 0.717) is 6.42 Å². The van der Waals surface area contributed by atoms with E-state index in [1.165, 1.54) is 0 Å². The summed E-state index contributed by atoms with van der Waals surface area (Å²) in [4.78, 5) is 4.43. The SMILES string of the molecule is [CH2]c1[nH]nnc1Cc1ccc(Br)c(C)n1. The van der Waals surface area contributed by atoms with Gasteiger partial charge in [0, 0.05) is 16.6 Å². The van der Waals surface area contributed by atoms with Crippen LogP contribution in [0.15, 0.2) is 16.6 Å². The van der Waals surface area contributed by atoms with Gasteiger partial charge in [-0.05, 0) is 41.9 Å². The highest BCUT2D eigenvalue weighted by Gasteiger charge is 2.06. The topological polar surface area (TPSA) is 54.5 Å². The molecule has 0 saturated carbocycles. The molecule has 5 heteroatoms. The maximum Gasteiger partial charge on any atom is 0.0916 e. The second-order valence-electron chi connectivity index (χ2n) is 3.28. The van der Waals surface area contributed by atoms with Crippen molar-refractivity contribution in [3.05, 3.63) is 46.3 Å². The summed E-state index contributed by atoms with van der Waals surface area (Å²) in [6.45, 7) is 5.76. The van der Waals surface area contributed by atoms with Gasteiger partial charge in [0.15, 0.2) is 0 Å². The molecule has 0 spiro atoms. The standard InChI is InChI=1S/C10H10BrN4/c1-6-9(11)4-3-8(12-6)5-10-7(2)13-15-14-10/h3-4H,2,5H2,1H3,(H,13,14,15). The van der Waals surface area contributed by atoms with Crippen molar-refractivity contribution < 1.29 is 0 Å². The highest BCUT2D eigenvalue weighted by atomic mass is 79.9. The molecule has 2 heterocycles. The zero-order chi connectivity index (χ0) is 10.8. The zero-order valence-electron chi connectivity index (χ0n) is 8.29. The van der Waals surface area contributed by atoms with Gasteiger partial charge in [-0.3, -0.25) is 10.1 Å². The second-order valence-corrected chi connectivity index (χ2v) is 4.14. The molecular formula is C10H10BrN4. The first-order valence-corrected chi connectivity index (χ1v) is 5.30. The predicted octanol–water partition coefficient (Wildman–Crippen LogP) is 2.04. The molecule has 2 rings (SSSR count). The fourth-order valence-electron chi connectivity index (χ4n) is 1.28. The van der Waals surface area contributed by atoms with Crippen LogP contribution < -0.4 is 0 Å². The lowest BCUT2D eigenvalue weighted by atomic mass is 10.2. The van der Waals surface area contributed by atoms with E-state index in [0.717, 1.165) is 27.2 Å². The van der Waals surface area contributed by atoms with Crippen molar-refractivity contribution in [3.8, 4) is 0 Å². The van der Waals surface area contributed by atoms with E-state index in [2.05, 4.69) is 43.2 Å². The van der Waals surface area contributed by atoms with E-state index < -0.39 is 0 Å². The first-order chi connectivity index (χ1) is 7.16. The van der Waals surface area contributed by atoms with Crippen LogP contribution >= 0.6 is 15.9 Å². The van der Waals surface area contributed by atoms with Gasteiger partial charge in [-0.15, -0.1) is 5.10 Å². The van der Waals surface area contributed by atoms with Gasteiger partial charge in [0.1, 0.15) is 0 Å². The first-order valence-electron chi connectivity index (χ1n) is 4.50. The van der Waals surface area contributed by atoms with E-state index in [4.69, 9.17) is 0 Å². The number of aromatic nitrogens is 4. The van der Waals surface area contributed by atoms with Crippen molar-refractivity contribution in [1.82, 2.24) is 20.4 Å². The molecule has 4 nitrogen and oxygen atoms in total. The highest BCUT2D eigenvalue weighted by Crippen LogP contribution is 2.15. The molecule has 2 aromatic rings. The third kappa shape index (κ3) is 2.23. The average molecular weight is 266 g/mol. The smallest absolute Gasteiger partial charge is 0.0916 e. The van der Waals surface area contributed by atoms with Crippen molar-refractivity contribution in [2.24, 2.45) is 0 Å². The highest BCUT2D eigenvalue weighted by molar-refractivity contribution is 9.10. The Bertz CT molecular complexity index is 478. The Hall–Kier alpha value is -1.23. The number of aryl methyl sites for hydroxylation is 1. The number of nitrogens with one attached hydrogen (secondary N) is 1. The molecule has 0 aliphatic carbocycles. The summed E-state index contributed by atoms with van der Waals surface area (Å²) in [5.41, 5.74) is 3.53. The number of hydrogen-bond acceptors (Lipinski definition) is 3. The number of aromatic amines is 1. The Balaban J connectivity index is 2.25. The maximum absolute atomic E-state index is 4.43. The second kappa shape index (κ2) is 4.10. The number of rotatable bonds is 2. The third-order valence-corrected chi connectivity index (χ3v) is 2.97. The molecule has 0 saturated heterocycles. The van der Waals surface area contributed by atoms with Gasteiger partial charge in [0.2, 0.25) is 0 Å². The molecule has 0 fully saturated rings. The molecule has 0 aromatic carbocycles. The van der Waals surface area contributed by atoms with Crippen LogP contribution in [0.25, 0.3) is 0 Å². The number of H-pyrrole nitrogens is 1. The minimum atomic E-state index is 0.656. The summed E-state index contributed by atoms with van der Waals surface area (Å²) in [7, 11) is 0. The maximum atomic E-state index is 4.43. The number of hydrogen-bond donors (Lipinski definition) is 1. The van der Waals surface area contributed by atoms with Crippen molar-refractivity contribution >= 4 is 15.9 Å². The summed E-state index contributed by atoms with van der Waals surface area (Å²) in [5, 5.41) is 10.3. The largest absolute Gasteiger partial charge is 0.262 e. The van der Waals surface area contributed by atoms with Gasteiger partial charge in [-0.25, -0.2) is 0 Å². The van der Waals surface area contributed by atoms with Gasteiger partial charge in [-0.1, -0.05) is 5.21 Å². The molecule has 1 N–H and O–H groups in total. The molecule has 77 valence electrons. The van der Waals surface area contributed by atoms with Gasteiger partial charge in [0.05, 0.1) is 17.1 Å². The Morgan fingerprint density at radius 2 is 2.27 bits per heavy atom. The Morgan fingerprint density at radius 3 is 2.87 bits per heavy atom. The van der Waals surface area contributed by atoms with Crippen LogP contribution in [0, 0.1) is 13.8 Å². The van der Waals surface area contributed by atoms with Gasteiger partial charge >= 0.3 is 0 Å². The molecule has 0 aliphatic heterocycles. The van der Waals surface area contributed by atoms with Crippen LogP contribution in [0.3, 0.4) is 0 Å². The van der Waals surface area contributed by atoms with Gasteiger partial charge in [0.25, 0.3) is 0 Å². The monoisotopic (exact) mass is 265 g/mol. The number of halogens is 1. The third-order valence-electron chi connectivity index (χ3n) is 2.13. The molecule has 0 unspecified atom stereocenters. The number of nitrogens with zero attached hydrogens (tertiary/aromatic N) is 3. The molecule has 0 bridgehead atoms. The minimum absolute atomic E-state index is 0.656. The van der Waals surface area contributed by atoms with E-state index in [-0.39, 0.29) is 0 Å². The molecule has 15 heavy (non-hydrogen) atoms. The average Bonchev–Trinajstić information content (AvgIpc) is 2.59.